The molecule has 0 aromatic rings. The van der Waals surface area contributed by atoms with Crippen LogP contribution in [0.15, 0.2) is 30.5 Å². The zero-order chi connectivity index (χ0) is 57.4. The van der Waals surface area contributed by atoms with E-state index in [4.69, 9.17) is 61.5 Å². The van der Waals surface area contributed by atoms with Crippen molar-refractivity contribution in [3.63, 3.8) is 0 Å². The second-order valence-electron chi connectivity index (χ2n) is 25.8. The highest BCUT2D eigenvalue weighted by Gasteiger charge is 2.56. The minimum Gasteiger partial charge on any atom is -0.459 e. The summed E-state index contributed by atoms with van der Waals surface area (Å²) in [5.74, 6) is -4.24. The Balaban J connectivity index is 2.08. The lowest BCUT2D eigenvalue weighted by Gasteiger charge is -2.52. The number of carbonyl (C=O) groups excluding carboxylic acids is 1. The van der Waals surface area contributed by atoms with E-state index in [0.29, 0.717) is 37.8 Å². The molecule has 3 aliphatic heterocycles. The standard InChI is InChI=1S/C58H108N2O14Si2/c1-24-32-64-56(13)35-38(6)47(59-74-58(71-37(4)5)30-28-27-29-31-58)40(8)50(61)57(14,65-33-25-2)45(26-3)68-53(62)42(10)48(69-46-36-55(12,63-17)52(43(11)67-46)73-76(21,22)23)41(9)51(56)70-54-49(72-75(18,19)20)44(60(15)16)34-39(7)66-54/h24-25,37-46,48-52,54,61H,1-2,26-36H2,3-23H3/b59-47+/t38-,39-,40+,41+,42-,43+,44+,45-,46+,48+,49-,50-,51-,52+,54+,55-,56-,57-/m1/s1. The highest BCUT2D eigenvalue weighted by Crippen LogP contribution is 2.45. The van der Waals surface area contributed by atoms with Gasteiger partial charge in [0.2, 0.25) is 5.79 Å². The van der Waals surface area contributed by atoms with Gasteiger partial charge in [-0.1, -0.05) is 51.4 Å². The highest BCUT2D eigenvalue weighted by molar-refractivity contribution is 6.70. The number of aliphatic hydroxyl groups is 1. The van der Waals surface area contributed by atoms with Gasteiger partial charge in [0.1, 0.15) is 17.8 Å². The van der Waals surface area contributed by atoms with Crippen molar-refractivity contribution in [1.82, 2.24) is 4.90 Å². The lowest BCUT2D eigenvalue weighted by atomic mass is 9.73. The SMILES string of the molecule is C=CCO[C@@]1(C)[C@H](O)[C@@H](C)/C(=N/OC2(OC(C)C)CCCCC2)[C@H](C)C[C@@](C)(OCC=C)[C@H](O[C@@H]2O[C@H](C)C[C@H](N(C)C)[C@H]2O[Si](C)(C)C)[C@@H](C)[C@H](O[C@H]2C[C@@](C)(OC)[C@@H](O[Si](C)(C)C)[C@H](C)O2)[C@@H](C)C(=O)O[C@@H]1CC. The lowest BCUT2D eigenvalue weighted by Crippen LogP contribution is -2.63. The third-order valence-corrected chi connectivity index (χ3v) is 18.1. The molecular weight excluding hydrogens is 1000 g/mol. The molecule has 0 spiro atoms. The number of likely N-dealkylation sites (N-methyl/N-ethyl adjacent to an activating group) is 1. The van der Waals surface area contributed by atoms with Gasteiger partial charge in [-0.25, -0.2) is 0 Å². The number of cyclic esters (lactones) is 1. The topological polar surface area (TPSA) is 164 Å². The number of rotatable bonds is 21. The molecule has 18 atom stereocenters. The van der Waals surface area contributed by atoms with Crippen LogP contribution >= 0.6 is 0 Å². The maximum Gasteiger partial charge on any atom is 0.311 e. The molecule has 4 aliphatic rings. The molecule has 3 saturated heterocycles. The number of oxime groups is 1. The van der Waals surface area contributed by atoms with Gasteiger partial charge < -0.3 is 66.3 Å². The number of methoxy groups -OCH3 is 1. The van der Waals surface area contributed by atoms with Gasteiger partial charge in [-0.15, -0.1) is 13.2 Å². The van der Waals surface area contributed by atoms with Gasteiger partial charge in [-0.3, -0.25) is 4.79 Å². The molecule has 0 aromatic heterocycles. The summed E-state index contributed by atoms with van der Waals surface area (Å²) in [7, 11) is 1.52. The molecule has 0 bridgehead atoms. The summed E-state index contributed by atoms with van der Waals surface area (Å²) >= 11 is 0. The van der Waals surface area contributed by atoms with Crippen LogP contribution in [0, 0.1) is 23.7 Å². The van der Waals surface area contributed by atoms with Crippen LogP contribution in [0.5, 0.6) is 0 Å². The van der Waals surface area contributed by atoms with E-state index >= 15 is 4.79 Å². The number of carbonyl (C=O) groups is 1. The molecule has 0 aromatic carbocycles. The molecule has 1 saturated carbocycles. The van der Waals surface area contributed by atoms with Gasteiger partial charge in [-0.2, -0.15) is 0 Å². The normalized spacial score (nSPS) is 40.1. The van der Waals surface area contributed by atoms with Crippen molar-refractivity contribution < 1.29 is 66.2 Å². The first-order chi connectivity index (χ1) is 35.2. The molecule has 442 valence electrons. The van der Waals surface area contributed by atoms with Crippen molar-refractivity contribution in [1.29, 1.82) is 0 Å². The van der Waals surface area contributed by atoms with Crippen LogP contribution in [0.3, 0.4) is 0 Å². The second kappa shape index (κ2) is 27.9. The summed E-state index contributed by atoms with van der Waals surface area (Å²) in [5.41, 5.74) is -2.91. The molecule has 3 heterocycles. The van der Waals surface area contributed by atoms with Crippen LogP contribution in [-0.2, 0) is 61.1 Å². The van der Waals surface area contributed by atoms with Crippen molar-refractivity contribution in [2.45, 2.75) is 276 Å². The smallest absolute Gasteiger partial charge is 0.311 e. The van der Waals surface area contributed by atoms with Gasteiger partial charge in [0, 0.05) is 50.2 Å². The van der Waals surface area contributed by atoms with E-state index in [1.54, 1.807) is 26.2 Å². The number of hydrogen-bond donors (Lipinski definition) is 1. The Hall–Kier alpha value is -1.63. The second-order valence-corrected chi connectivity index (χ2v) is 34.8. The molecule has 1 aliphatic carbocycles. The third-order valence-electron chi connectivity index (χ3n) is 16.1. The van der Waals surface area contributed by atoms with Crippen LogP contribution < -0.4 is 0 Å². The van der Waals surface area contributed by atoms with Gasteiger partial charge in [0.15, 0.2) is 29.2 Å². The number of aliphatic hydroxyl groups excluding tert-OH is 1. The van der Waals surface area contributed by atoms with Gasteiger partial charge in [0.25, 0.3) is 0 Å². The molecule has 1 N–H and O–H groups in total. The molecule has 0 amide bonds. The zero-order valence-corrected chi connectivity index (χ0v) is 53.2. The van der Waals surface area contributed by atoms with E-state index in [2.05, 4.69) is 85.3 Å². The van der Waals surface area contributed by atoms with Crippen LogP contribution in [-0.4, -0.2) is 169 Å². The molecule has 0 radical (unpaired) electrons. The van der Waals surface area contributed by atoms with Crippen LogP contribution in [0.1, 0.15) is 141 Å². The molecule has 4 fully saturated rings. The number of ether oxygens (including phenoxy) is 9. The Morgan fingerprint density at radius 2 is 1.42 bits per heavy atom. The Morgan fingerprint density at radius 1 is 0.816 bits per heavy atom. The van der Waals surface area contributed by atoms with E-state index in [0.717, 1.165) is 25.7 Å². The third kappa shape index (κ3) is 17.2. The van der Waals surface area contributed by atoms with Gasteiger partial charge >= 0.3 is 5.97 Å². The highest BCUT2D eigenvalue weighted by atomic mass is 28.4. The monoisotopic (exact) mass is 1110 g/mol. The Bertz CT molecular complexity index is 1860. The average Bonchev–Trinajstić information content (AvgIpc) is 3.32. The fraction of sp³-hybridized carbons (Fsp3) is 0.897. The minimum absolute atomic E-state index is 0.0494. The molecule has 4 rings (SSSR count). The zero-order valence-electron chi connectivity index (χ0n) is 51.2. The van der Waals surface area contributed by atoms with E-state index in [1.165, 1.54) is 0 Å². The number of nitrogens with zero attached hydrogens (tertiary/aromatic N) is 2. The average molecular weight is 1110 g/mol. The fourth-order valence-corrected chi connectivity index (χ4v) is 14.6. The van der Waals surface area contributed by atoms with Crippen LogP contribution in [0.25, 0.3) is 0 Å². The maximum absolute atomic E-state index is 15.3. The Morgan fingerprint density at radius 3 is 1.96 bits per heavy atom. The summed E-state index contributed by atoms with van der Waals surface area (Å²) in [4.78, 5) is 24.3. The van der Waals surface area contributed by atoms with Crippen molar-refractivity contribution in [3.8, 4) is 0 Å². The van der Waals surface area contributed by atoms with E-state index in [-0.39, 0.29) is 37.6 Å². The number of esters is 1. The predicted molar refractivity (Wildman–Crippen MR) is 304 cm³/mol. The first-order valence-corrected chi connectivity index (χ1v) is 35.6. The molecule has 0 unspecified atom stereocenters. The van der Waals surface area contributed by atoms with Gasteiger partial charge in [0.05, 0.1) is 78.8 Å². The van der Waals surface area contributed by atoms with E-state index in [9.17, 15) is 5.11 Å². The quantitative estimate of drug-likeness (QED) is 0.0379. The first kappa shape index (κ1) is 66.9. The van der Waals surface area contributed by atoms with E-state index < -0.39 is 118 Å². The summed E-state index contributed by atoms with van der Waals surface area (Å²) in [6.45, 7) is 45.0. The van der Waals surface area contributed by atoms with Gasteiger partial charge in [-0.05, 0) is 141 Å². The molecule has 76 heavy (non-hydrogen) atoms. The maximum atomic E-state index is 15.3. The van der Waals surface area contributed by atoms with E-state index in [1.807, 2.05) is 62.3 Å². The first-order valence-electron chi connectivity index (χ1n) is 28.7. The van der Waals surface area contributed by atoms with Crippen molar-refractivity contribution in [3.05, 3.63) is 25.3 Å². The van der Waals surface area contributed by atoms with Crippen molar-refractivity contribution >= 4 is 28.3 Å². The lowest BCUT2D eigenvalue weighted by molar-refractivity contribution is -0.317. The summed E-state index contributed by atoms with van der Waals surface area (Å²) in [6, 6.07) is -0.0494. The Kier molecular flexibility index (Phi) is 24.6. The minimum atomic E-state index is -2.24. The van der Waals surface area contributed by atoms with Crippen LogP contribution in [0.4, 0.5) is 0 Å². The molecule has 18 heteroatoms. The summed E-state index contributed by atoms with van der Waals surface area (Å²) in [6.07, 6.45) is 1.92. The fourth-order valence-electron chi connectivity index (χ4n) is 12.4. The predicted octanol–water partition coefficient (Wildman–Crippen LogP) is 10.8. The number of hydrogen-bond acceptors (Lipinski definition) is 16. The van der Waals surface area contributed by atoms with Crippen LogP contribution in [0.2, 0.25) is 39.3 Å². The van der Waals surface area contributed by atoms with Crippen molar-refractivity contribution in [2.24, 2.45) is 28.8 Å². The summed E-state index contributed by atoms with van der Waals surface area (Å²) in [5, 5.41) is 18.1. The largest absolute Gasteiger partial charge is 0.459 e. The van der Waals surface area contributed by atoms with Crippen molar-refractivity contribution in [2.75, 3.05) is 34.4 Å². The molecular formula is C58H108N2O14Si2. The molecule has 16 nitrogen and oxygen atoms in total. The Labute approximate surface area is 462 Å². The summed E-state index contributed by atoms with van der Waals surface area (Å²) < 4.78 is 75.9.